The minimum absolute atomic E-state index is 0.862. The summed E-state index contributed by atoms with van der Waals surface area (Å²) < 4.78 is 9.76. The van der Waals surface area contributed by atoms with Crippen LogP contribution in [0.3, 0.4) is 0 Å². The van der Waals surface area contributed by atoms with Crippen LogP contribution in [0.4, 0.5) is 0 Å². The molecule has 0 aromatic carbocycles. The van der Waals surface area contributed by atoms with Crippen LogP contribution in [0, 0.1) is 0 Å². The minimum atomic E-state index is 0.862. The lowest BCUT2D eigenvalue weighted by atomic mass is 10.1. The van der Waals surface area contributed by atoms with Crippen molar-refractivity contribution >= 4 is 0 Å². The normalized spacial score (nSPS) is 12.0. The summed E-state index contributed by atoms with van der Waals surface area (Å²) in [6.45, 7) is 14.3. The number of hydrogen-bond acceptors (Lipinski definition) is 2. The van der Waals surface area contributed by atoms with Gasteiger partial charge in [0.2, 0.25) is 0 Å². The first kappa shape index (κ1) is 13.8. The molecule has 0 aromatic heterocycles. The van der Waals surface area contributed by atoms with Crippen molar-refractivity contribution in [2.75, 3.05) is 0 Å². The summed E-state index contributed by atoms with van der Waals surface area (Å²) in [7, 11) is 0. The van der Waals surface area contributed by atoms with Crippen molar-refractivity contribution in [3.63, 3.8) is 0 Å². The largest absolute Gasteiger partial charge is 0.473 e. The van der Waals surface area contributed by atoms with Crippen molar-refractivity contribution in [1.82, 2.24) is 0 Å². The van der Waals surface area contributed by atoms with Gasteiger partial charge in [-0.2, -0.15) is 0 Å². The van der Waals surface area contributed by atoms with Crippen LogP contribution in [0.2, 0.25) is 0 Å². The Kier molecular flexibility index (Phi) is 8.04. The molecule has 0 N–H and O–H groups in total. The van der Waals surface area contributed by atoms with Gasteiger partial charge in [-0.1, -0.05) is 38.5 Å². The fourth-order valence-corrected chi connectivity index (χ4v) is 0.901. The molecule has 2 heteroatoms. The maximum absolute atomic E-state index is 4.88. The van der Waals surface area contributed by atoms with E-state index in [1.54, 1.807) is 24.3 Å². The van der Waals surface area contributed by atoms with Crippen molar-refractivity contribution < 1.29 is 9.47 Å². The number of allylic oxidation sites excluding steroid dienone is 6. The van der Waals surface area contributed by atoms with E-state index < -0.39 is 0 Å². The molecule has 0 fully saturated rings. The molecule has 0 aliphatic carbocycles. The van der Waals surface area contributed by atoms with Gasteiger partial charge in [-0.25, -0.2) is 0 Å². The van der Waals surface area contributed by atoms with Crippen molar-refractivity contribution in [3.05, 3.63) is 86.8 Å². The molecule has 84 valence electrons. The van der Waals surface area contributed by atoms with E-state index >= 15 is 0 Å². The molecule has 0 amide bonds. The maximum Gasteiger partial charge on any atom is 0.0907 e. The average molecular weight is 216 g/mol. The Morgan fingerprint density at radius 2 is 1.06 bits per heavy atom. The zero-order valence-electron chi connectivity index (χ0n) is 9.26. The Morgan fingerprint density at radius 1 is 0.688 bits per heavy atom. The van der Waals surface area contributed by atoms with Gasteiger partial charge < -0.3 is 9.47 Å². The highest BCUT2D eigenvalue weighted by Gasteiger charge is 1.93. The van der Waals surface area contributed by atoms with E-state index in [-0.39, 0.29) is 0 Å². The Morgan fingerprint density at radius 3 is 1.31 bits per heavy atom. The molecule has 0 spiro atoms. The number of ether oxygens (including phenoxy) is 2. The van der Waals surface area contributed by atoms with Crippen molar-refractivity contribution in [3.8, 4) is 0 Å². The van der Waals surface area contributed by atoms with Crippen LogP contribution >= 0.6 is 0 Å². The average Bonchev–Trinajstić information content (AvgIpc) is 2.31. The number of hydrogen-bond donors (Lipinski definition) is 0. The van der Waals surface area contributed by atoms with Gasteiger partial charge >= 0.3 is 0 Å². The van der Waals surface area contributed by atoms with Gasteiger partial charge in [-0.15, -0.1) is 0 Å². The summed E-state index contributed by atoms with van der Waals surface area (Å²) in [5.74, 6) is 0. The highest BCUT2D eigenvalue weighted by atomic mass is 16.5. The number of rotatable bonds is 8. The fourth-order valence-electron chi connectivity index (χ4n) is 0.901. The molecule has 0 saturated carbocycles. The molecule has 0 saturated heterocycles. The molecular weight excluding hydrogens is 200 g/mol. The monoisotopic (exact) mass is 216 g/mol. The van der Waals surface area contributed by atoms with E-state index in [2.05, 4.69) is 26.3 Å². The van der Waals surface area contributed by atoms with E-state index in [0.29, 0.717) is 0 Å². The van der Waals surface area contributed by atoms with Gasteiger partial charge in [0.15, 0.2) is 0 Å². The summed E-state index contributed by atoms with van der Waals surface area (Å²) in [5, 5.41) is 0. The van der Waals surface area contributed by atoms with Crippen LogP contribution in [0.1, 0.15) is 0 Å². The first-order valence-corrected chi connectivity index (χ1v) is 4.65. The second-order valence-corrected chi connectivity index (χ2v) is 2.53. The second-order valence-electron chi connectivity index (χ2n) is 2.53. The molecule has 16 heavy (non-hydrogen) atoms. The summed E-state index contributed by atoms with van der Waals surface area (Å²) >= 11 is 0. The van der Waals surface area contributed by atoms with Gasteiger partial charge in [-0.05, 0) is 23.3 Å². The standard InChI is InChI=1S/C14H16O2/c1-5-13(9-11-15-7-3)14(6-2)10-12-16-8-4/h5-12H,1-4H2/b11-9-,12-10-,14-13-. The molecule has 0 heterocycles. The van der Waals surface area contributed by atoms with Crippen molar-refractivity contribution in [1.29, 1.82) is 0 Å². The van der Waals surface area contributed by atoms with E-state index in [1.807, 2.05) is 0 Å². The van der Waals surface area contributed by atoms with Gasteiger partial charge in [-0.3, -0.25) is 0 Å². The second kappa shape index (κ2) is 9.34. The third-order valence-corrected chi connectivity index (χ3v) is 1.62. The van der Waals surface area contributed by atoms with Crippen LogP contribution in [0.25, 0.3) is 0 Å². The lowest BCUT2D eigenvalue weighted by molar-refractivity contribution is 0.404. The predicted molar refractivity (Wildman–Crippen MR) is 68.3 cm³/mol. The summed E-state index contributed by atoms with van der Waals surface area (Å²) in [4.78, 5) is 0. The third kappa shape index (κ3) is 5.50. The molecule has 0 aromatic rings. The SMILES string of the molecule is C=CO\C=C/C(C=C)=C(C=C)\C=C/OC=C. The molecule has 0 aliphatic rings. The summed E-state index contributed by atoms with van der Waals surface area (Å²) in [6.07, 6.45) is 12.6. The van der Waals surface area contributed by atoms with Gasteiger partial charge in [0, 0.05) is 0 Å². The smallest absolute Gasteiger partial charge is 0.0907 e. The van der Waals surface area contributed by atoms with Crippen LogP contribution < -0.4 is 0 Å². The van der Waals surface area contributed by atoms with Crippen LogP contribution in [-0.4, -0.2) is 0 Å². The zero-order chi connectivity index (χ0) is 12.2. The Bertz CT molecular complexity index is 310. The van der Waals surface area contributed by atoms with E-state index in [1.165, 1.54) is 25.0 Å². The van der Waals surface area contributed by atoms with Crippen LogP contribution in [0.15, 0.2) is 86.8 Å². The highest BCUT2D eigenvalue weighted by Crippen LogP contribution is 2.10. The first-order valence-electron chi connectivity index (χ1n) is 4.65. The first-order chi connectivity index (χ1) is 7.79. The zero-order valence-corrected chi connectivity index (χ0v) is 9.26. The quantitative estimate of drug-likeness (QED) is 0.451. The molecule has 0 atom stereocenters. The summed E-state index contributed by atoms with van der Waals surface area (Å²) in [5.41, 5.74) is 1.72. The van der Waals surface area contributed by atoms with Crippen LogP contribution in [-0.2, 0) is 9.47 Å². The predicted octanol–water partition coefficient (Wildman–Crippen LogP) is 4.00. The van der Waals surface area contributed by atoms with Crippen LogP contribution in [0.5, 0.6) is 0 Å². The van der Waals surface area contributed by atoms with Gasteiger partial charge in [0.1, 0.15) is 0 Å². The lowest BCUT2D eigenvalue weighted by Crippen LogP contribution is -1.80. The third-order valence-electron chi connectivity index (χ3n) is 1.62. The molecule has 0 bridgehead atoms. The molecular formula is C14H16O2. The lowest BCUT2D eigenvalue weighted by Gasteiger charge is -1.99. The van der Waals surface area contributed by atoms with Gasteiger partial charge in [0.05, 0.1) is 25.0 Å². The molecule has 0 radical (unpaired) electrons. The Labute approximate surface area is 96.9 Å². The molecule has 0 aliphatic heterocycles. The maximum atomic E-state index is 4.88. The Hall–Kier alpha value is -2.22. The molecule has 2 nitrogen and oxygen atoms in total. The fraction of sp³-hybridized carbons (Fsp3) is 0. The van der Waals surface area contributed by atoms with E-state index in [0.717, 1.165) is 11.1 Å². The van der Waals surface area contributed by atoms with E-state index in [9.17, 15) is 0 Å². The minimum Gasteiger partial charge on any atom is -0.473 e. The summed E-state index contributed by atoms with van der Waals surface area (Å²) in [6, 6.07) is 0. The molecule has 0 rings (SSSR count). The highest BCUT2D eigenvalue weighted by molar-refractivity contribution is 5.44. The van der Waals surface area contributed by atoms with Crippen molar-refractivity contribution in [2.24, 2.45) is 0 Å². The molecule has 0 unspecified atom stereocenters. The van der Waals surface area contributed by atoms with Gasteiger partial charge in [0.25, 0.3) is 0 Å². The van der Waals surface area contributed by atoms with Crippen molar-refractivity contribution in [2.45, 2.75) is 0 Å². The Balaban J connectivity index is 4.89. The van der Waals surface area contributed by atoms with E-state index in [4.69, 9.17) is 9.47 Å². The topological polar surface area (TPSA) is 18.5 Å².